The average molecular weight is 371 g/mol. The lowest BCUT2D eigenvalue weighted by Gasteiger charge is -2.12. The molecule has 0 spiro atoms. The maximum atomic E-state index is 10.7. The van der Waals surface area contributed by atoms with Gasteiger partial charge in [-0.3, -0.25) is 10.1 Å². The third kappa shape index (κ3) is 3.63. The van der Waals surface area contributed by atoms with Crippen molar-refractivity contribution in [1.82, 2.24) is 10.2 Å². The van der Waals surface area contributed by atoms with E-state index < -0.39 is 11.0 Å². The molecule has 3 aromatic rings. The Morgan fingerprint density at radius 3 is 2.62 bits per heavy atom. The fraction of sp³-hybridized carbons (Fsp3) is 0.118. The summed E-state index contributed by atoms with van der Waals surface area (Å²) in [4.78, 5) is 10.2. The van der Waals surface area contributed by atoms with Crippen molar-refractivity contribution in [2.75, 3.05) is 0 Å². The lowest BCUT2D eigenvalue weighted by atomic mass is 10.2. The molecule has 3 rings (SSSR count). The van der Waals surface area contributed by atoms with Gasteiger partial charge in [0.25, 0.3) is 11.6 Å². The standard InChI is InChI=1S/C17H11ClN4O4/c1-10(25-15-7-2-11(9-19)8-14(15)18)16-20-21-17(26-16)12-3-5-13(6-4-12)22(23)24/h2-8,10H,1H3/t10-/m1/s1. The van der Waals surface area contributed by atoms with Crippen molar-refractivity contribution in [3.8, 4) is 23.3 Å². The highest BCUT2D eigenvalue weighted by Gasteiger charge is 2.18. The summed E-state index contributed by atoms with van der Waals surface area (Å²) in [5.74, 6) is 0.823. The summed E-state index contributed by atoms with van der Waals surface area (Å²) < 4.78 is 11.3. The highest BCUT2D eigenvalue weighted by molar-refractivity contribution is 6.32. The molecule has 1 atom stereocenters. The highest BCUT2D eigenvalue weighted by Crippen LogP contribution is 2.30. The number of halogens is 1. The quantitative estimate of drug-likeness (QED) is 0.485. The lowest BCUT2D eigenvalue weighted by Crippen LogP contribution is -2.04. The van der Waals surface area contributed by atoms with E-state index in [1.807, 2.05) is 6.07 Å². The molecular weight excluding hydrogens is 360 g/mol. The maximum Gasteiger partial charge on any atom is 0.269 e. The second-order valence-corrected chi connectivity index (χ2v) is 5.67. The normalized spacial score (nSPS) is 11.6. The number of hydrogen-bond acceptors (Lipinski definition) is 7. The van der Waals surface area contributed by atoms with Gasteiger partial charge in [0, 0.05) is 17.7 Å². The van der Waals surface area contributed by atoms with E-state index in [-0.39, 0.29) is 17.5 Å². The first-order valence-corrected chi connectivity index (χ1v) is 7.80. The Morgan fingerprint density at radius 1 is 1.27 bits per heavy atom. The van der Waals surface area contributed by atoms with Crippen LogP contribution in [0.3, 0.4) is 0 Å². The number of benzene rings is 2. The molecule has 26 heavy (non-hydrogen) atoms. The zero-order valence-electron chi connectivity index (χ0n) is 13.4. The molecule has 0 aliphatic carbocycles. The van der Waals surface area contributed by atoms with Gasteiger partial charge >= 0.3 is 0 Å². The first-order valence-electron chi connectivity index (χ1n) is 7.42. The van der Waals surface area contributed by atoms with Crippen molar-refractivity contribution >= 4 is 17.3 Å². The molecule has 0 saturated carbocycles. The Labute approximate surface area is 152 Å². The van der Waals surface area contributed by atoms with E-state index in [2.05, 4.69) is 10.2 Å². The Hall–Kier alpha value is -3.44. The van der Waals surface area contributed by atoms with E-state index >= 15 is 0 Å². The van der Waals surface area contributed by atoms with Gasteiger partial charge in [-0.25, -0.2) is 0 Å². The van der Waals surface area contributed by atoms with Crippen LogP contribution in [0.25, 0.3) is 11.5 Å². The highest BCUT2D eigenvalue weighted by atomic mass is 35.5. The second-order valence-electron chi connectivity index (χ2n) is 5.27. The van der Waals surface area contributed by atoms with E-state index in [1.54, 1.807) is 19.1 Å². The number of nitro groups is 1. The van der Waals surface area contributed by atoms with Crippen molar-refractivity contribution in [3.63, 3.8) is 0 Å². The summed E-state index contributed by atoms with van der Waals surface area (Å²) >= 11 is 6.08. The first kappa shape index (κ1) is 17.4. The van der Waals surface area contributed by atoms with Crippen LogP contribution >= 0.6 is 11.6 Å². The minimum absolute atomic E-state index is 0.0272. The molecule has 0 amide bonds. The smallest absolute Gasteiger partial charge is 0.269 e. The molecular formula is C17H11ClN4O4. The third-order valence-electron chi connectivity index (χ3n) is 3.48. The summed E-state index contributed by atoms with van der Waals surface area (Å²) in [6.45, 7) is 1.71. The average Bonchev–Trinajstić information content (AvgIpc) is 3.13. The number of ether oxygens (including phenoxy) is 1. The Morgan fingerprint density at radius 2 is 2.00 bits per heavy atom. The summed E-state index contributed by atoms with van der Waals surface area (Å²) in [6, 6.07) is 12.4. The summed E-state index contributed by atoms with van der Waals surface area (Å²) in [7, 11) is 0. The third-order valence-corrected chi connectivity index (χ3v) is 3.77. The molecule has 0 saturated heterocycles. The molecule has 0 N–H and O–H groups in total. The summed E-state index contributed by atoms with van der Waals surface area (Å²) in [5.41, 5.74) is 0.951. The number of hydrogen-bond donors (Lipinski definition) is 0. The molecule has 0 aliphatic rings. The van der Waals surface area contributed by atoms with Crippen LogP contribution in [0.5, 0.6) is 5.75 Å². The van der Waals surface area contributed by atoms with E-state index in [0.29, 0.717) is 21.9 Å². The van der Waals surface area contributed by atoms with Gasteiger partial charge in [-0.1, -0.05) is 11.6 Å². The van der Waals surface area contributed by atoms with Crippen LogP contribution < -0.4 is 4.74 Å². The van der Waals surface area contributed by atoms with Gasteiger partial charge in [0.05, 0.1) is 21.6 Å². The van der Waals surface area contributed by atoms with Crippen molar-refractivity contribution in [1.29, 1.82) is 5.26 Å². The number of aromatic nitrogens is 2. The fourth-order valence-corrected chi connectivity index (χ4v) is 2.37. The lowest BCUT2D eigenvalue weighted by molar-refractivity contribution is -0.384. The van der Waals surface area contributed by atoms with Crippen molar-refractivity contribution in [2.24, 2.45) is 0 Å². The fourth-order valence-electron chi connectivity index (χ4n) is 2.15. The molecule has 0 radical (unpaired) electrons. The molecule has 8 nitrogen and oxygen atoms in total. The monoisotopic (exact) mass is 370 g/mol. The van der Waals surface area contributed by atoms with Gasteiger partial charge in [0.2, 0.25) is 5.89 Å². The van der Waals surface area contributed by atoms with Crippen molar-refractivity contribution in [2.45, 2.75) is 13.0 Å². The van der Waals surface area contributed by atoms with Gasteiger partial charge in [-0.2, -0.15) is 5.26 Å². The van der Waals surface area contributed by atoms with Gasteiger partial charge in [-0.05, 0) is 37.3 Å². The SMILES string of the molecule is C[C@@H](Oc1ccc(C#N)cc1Cl)c1nnc(-c2ccc([N+](=O)[O-])cc2)o1. The predicted molar refractivity (Wildman–Crippen MR) is 91.6 cm³/mol. The summed E-state index contributed by atoms with van der Waals surface area (Å²) in [6.07, 6.45) is -0.584. The second kappa shape index (κ2) is 7.21. The number of rotatable bonds is 5. The molecule has 0 bridgehead atoms. The van der Waals surface area contributed by atoms with Gasteiger partial charge in [-0.15, -0.1) is 10.2 Å². The van der Waals surface area contributed by atoms with E-state index in [4.69, 9.17) is 26.0 Å². The van der Waals surface area contributed by atoms with Gasteiger partial charge < -0.3 is 9.15 Å². The van der Waals surface area contributed by atoms with Crippen molar-refractivity contribution in [3.05, 3.63) is 69.1 Å². The van der Waals surface area contributed by atoms with Gasteiger partial charge in [0.15, 0.2) is 6.10 Å². The van der Waals surface area contributed by atoms with Crippen LogP contribution in [0.15, 0.2) is 46.9 Å². The molecule has 1 aromatic heterocycles. The molecule has 1 heterocycles. The zero-order valence-corrected chi connectivity index (χ0v) is 14.2. The molecule has 0 aliphatic heterocycles. The number of non-ortho nitro benzene ring substituents is 1. The number of nitrogens with zero attached hydrogens (tertiary/aromatic N) is 4. The number of nitriles is 1. The van der Waals surface area contributed by atoms with Crippen LogP contribution in [0.2, 0.25) is 5.02 Å². The molecule has 2 aromatic carbocycles. The largest absolute Gasteiger partial charge is 0.479 e. The van der Waals surface area contributed by atoms with Crippen molar-refractivity contribution < 1.29 is 14.1 Å². The van der Waals surface area contributed by atoms with Crippen LogP contribution in [-0.2, 0) is 0 Å². The van der Waals surface area contributed by atoms with Crippen LogP contribution in [-0.4, -0.2) is 15.1 Å². The Kier molecular flexibility index (Phi) is 4.82. The summed E-state index contributed by atoms with van der Waals surface area (Å²) in [5, 5.41) is 27.7. The van der Waals surface area contributed by atoms with E-state index in [1.165, 1.54) is 30.3 Å². The Balaban J connectivity index is 1.76. The zero-order chi connectivity index (χ0) is 18.7. The van der Waals surface area contributed by atoms with Gasteiger partial charge in [0.1, 0.15) is 5.75 Å². The predicted octanol–water partition coefficient (Wildman–Crippen LogP) is 4.31. The molecule has 130 valence electrons. The molecule has 0 fully saturated rings. The van der Waals surface area contributed by atoms with E-state index in [9.17, 15) is 10.1 Å². The minimum Gasteiger partial charge on any atom is -0.479 e. The van der Waals surface area contributed by atoms with E-state index in [0.717, 1.165) is 0 Å². The topological polar surface area (TPSA) is 115 Å². The maximum absolute atomic E-state index is 10.7. The van der Waals surface area contributed by atoms with Crippen LogP contribution in [0.4, 0.5) is 5.69 Å². The molecule has 0 unspecified atom stereocenters. The number of nitro benzene ring substituents is 1. The van der Waals surface area contributed by atoms with Crippen LogP contribution in [0, 0.1) is 21.4 Å². The minimum atomic E-state index is -0.584. The molecule has 9 heteroatoms. The first-order chi connectivity index (χ1) is 12.5. The van der Waals surface area contributed by atoms with Crippen LogP contribution in [0.1, 0.15) is 24.5 Å². The Bertz CT molecular complexity index is 995.